The average molecular weight is 495 g/mol. The van der Waals surface area contributed by atoms with Gasteiger partial charge in [0.15, 0.2) is 17.2 Å². The van der Waals surface area contributed by atoms with Crippen LogP contribution in [0.3, 0.4) is 0 Å². The third-order valence-corrected chi connectivity index (χ3v) is 6.50. The van der Waals surface area contributed by atoms with Gasteiger partial charge in [0.1, 0.15) is 12.5 Å². The highest BCUT2D eigenvalue weighted by molar-refractivity contribution is 7.46. The van der Waals surface area contributed by atoms with E-state index >= 15 is 0 Å². The molecule has 0 radical (unpaired) electrons. The Hall–Kier alpha value is -2.79. The number of carbonyl (C=O) groups excluding carboxylic acids is 1. The highest BCUT2D eigenvalue weighted by Crippen LogP contribution is 2.48. The monoisotopic (exact) mass is 495 g/mol. The van der Waals surface area contributed by atoms with Crippen LogP contribution in [0.2, 0.25) is 0 Å². The molecule has 11 nitrogen and oxygen atoms in total. The number of hydrogen-bond donors (Lipinski definition) is 4. The average Bonchev–Trinajstić information content (AvgIpc) is 2.73. The summed E-state index contributed by atoms with van der Waals surface area (Å²) in [6.07, 6.45) is 3.63. The van der Waals surface area contributed by atoms with Crippen molar-refractivity contribution in [1.82, 2.24) is 9.97 Å². The maximum absolute atomic E-state index is 14.4. The molecule has 2 heterocycles. The molecule has 4 N–H and O–H groups in total. The molecule has 1 aliphatic carbocycles. The molecule has 0 saturated heterocycles. The normalized spacial score (nSPS) is 17.1. The van der Waals surface area contributed by atoms with Crippen molar-refractivity contribution in [3.05, 3.63) is 30.2 Å². The second-order valence-electron chi connectivity index (χ2n) is 8.99. The van der Waals surface area contributed by atoms with Crippen LogP contribution in [0.4, 0.5) is 27.5 Å². The zero-order chi connectivity index (χ0) is 24.7. The summed E-state index contributed by atoms with van der Waals surface area (Å²) in [5, 5.41) is 6.01. The number of amides is 1. The molecule has 0 bridgehead atoms. The molecular weight excluding hydrogens is 468 g/mol. The lowest BCUT2D eigenvalue weighted by molar-refractivity contribution is -0.144. The van der Waals surface area contributed by atoms with E-state index in [0.717, 1.165) is 23.9 Å². The Kier molecular flexibility index (Phi) is 6.28. The topological polar surface area (TPSA) is 146 Å². The number of nitrogens with zero attached hydrogens (tertiary/aromatic N) is 3. The largest absolute Gasteiger partial charge is 0.475 e. The first-order valence-electron chi connectivity index (χ1n) is 10.8. The molecule has 1 amide bonds. The van der Waals surface area contributed by atoms with Crippen LogP contribution >= 0.6 is 7.82 Å². The second-order valence-corrected chi connectivity index (χ2v) is 10.2. The van der Waals surface area contributed by atoms with Crippen molar-refractivity contribution in [1.29, 1.82) is 0 Å². The molecule has 1 aliphatic heterocycles. The first-order valence-corrected chi connectivity index (χ1v) is 12.4. The third kappa shape index (κ3) is 5.00. The number of fused-ring (bicyclic) bond motifs is 1. The number of anilines is 4. The van der Waals surface area contributed by atoms with Crippen molar-refractivity contribution in [2.45, 2.75) is 57.6 Å². The Bertz CT molecular complexity index is 1150. The van der Waals surface area contributed by atoms with Gasteiger partial charge in [0.25, 0.3) is 5.91 Å². The minimum atomic E-state index is -4.83. The number of phosphoric acid groups is 1. The lowest BCUT2D eigenvalue weighted by atomic mass is 9.78. The van der Waals surface area contributed by atoms with E-state index in [1.165, 1.54) is 6.07 Å². The maximum Gasteiger partial charge on any atom is 0.471 e. The summed E-state index contributed by atoms with van der Waals surface area (Å²) in [5.41, 5.74) is -0.749. The second kappa shape index (κ2) is 8.77. The maximum atomic E-state index is 14.4. The molecule has 184 valence electrons. The molecule has 1 aromatic carbocycles. The van der Waals surface area contributed by atoms with Crippen molar-refractivity contribution in [2.24, 2.45) is 0 Å². The number of carbonyl (C=O) groups is 1. The molecule has 0 atom stereocenters. The first-order chi connectivity index (χ1) is 15.9. The van der Waals surface area contributed by atoms with Gasteiger partial charge in [-0.05, 0) is 57.7 Å². The van der Waals surface area contributed by atoms with E-state index in [0.29, 0.717) is 24.3 Å². The summed E-state index contributed by atoms with van der Waals surface area (Å²) in [7, 11) is -4.83. The Balaban J connectivity index is 1.63. The highest BCUT2D eigenvalue weighted by atomic mass is 31.2. The van der Waals surface area contributed by atoms with Crippen LogP contribution in [0.25, 0.3) is 0 Å². The summed E-state index contributed by atoms with van der Waals surface area (Å²) < 4.78 is 36.3. The molecule has 2 aromatic rings. The Labute approximate surface area is 195 Å². The molecule has 1 aromatic heterocycles. The van der Waals surface area contributed by atoms with Crippen LogP contribution in [0.5, 0.6) is 5.75 Å². The SMILES string of the molecule is CCC(C)(C)Nc1ncc(F)c(Nc2ccc3c(c2)N(COP(=O)(O)O)C(=O)C2(CCC2)O3)n1. The van der Waals surface area contributed by atoms with E-state index in [4.69, 9.17) is 14.5 Å². The number of phosphoric ester groups is 1. The third-order valence-electron chi connectivity index (χ3n) is 6.05. The van der Waals surface area contributed by atoms with Gasteiger partial charge in [0, 0.05) is 11.2 Å². The highest BCUT2D eigenvalue weighted by Gasteiger charge is 2.53. The number of aromatic nitrogens is 2. The van der Waals surface area contributed by atoms with E-state index in [1.807, 2.05) is 20.8 Å². The van der Waals surface area contributed by atoms with Gasteiger partial charge in [0.2, 0.25) is 5.95 Å². The predicted octanol–water partition coefficient (Wildman–Crippen LogP) is 3.67. The van der Waals surface area contributed by atoms with E-state index in [-0.39, 0.29) is 23.0 Å². The van der Waals surface area contributed by atoms with E-state index in [2.05, 4.69) is 25.1 Å². The van der Waals surface area contributed by atoms with E-state index in [1.54, 1.807) is 12.1 Å². The van der Waals surface area contributed by atoms with Crippen molar-refractivity contribution >= 4 is 36.9 Å². The van der Waals surface area contributed by atoms with Gasteiger partial charge in [-0.1, -0.05) is 6.92 Å². The quantitative estimate of drug-likeness (QED) is 0.400. The Morgan fingerprint density at radius 2 is 2.09 bits per heavy atom. The molecule has 1 saturated carbocycles. The number of rotatable bonds is 8. The van der Waals surface area contributed by atoms with Crippen LogP contribution in [0.1, 0.15) is 46.5 Å². The summed E-state index contributed by atoms with van der Waals surface area (Å²) in [4.78, 5) is 40.7. The number of nitrogens with one attached hydrogen (secondary N) is 2. The first kappa shape index (κ1) is 24.3. The van der Waals surface area contributed by atoms with Crippen LogP contribution in [0.15, 0.2) is 24.4 Å². The van der Waals surface area contributed by atoms with Crippen molar-refractivity contribution in [3.8, 4) is 5.75 Å². The number of hydrogen-bond acceptors (Lipinski definition) is 8. The van der Waals surface area contributed by atoms with Gasteiger partial charge in [0.05, 0.1) is 11.9 Å². The number of ether oxygens (including phenoxy) is 1. The summed E-state index contributed by atoms with van der Waals surface area (Å²) >= 11 is 0. The summed E-state index contributed by atoms with van der Waals surface area (Å²) in [5.74, 6) is -0.607. The minimum absolute atomic E-state index is 0.0825. The zero-order valence-corrected chi connectivity index (χ0v) is 19.9. The van der Waals surface area contributed by atoms with Gasteiger partial charge in [-0.25, -0.2) is 13.9 Å². The van der Waals surface area contributed by atoms with Crippen LogP contribution in [-0.2, 0) is 13.9 Å². The van der Waals surface area contributed by atoms with Crippen molar-refractivity contribution < 1.29 is 32.8 Å². The van der Waals surface area contributed by atoms with Gasteiger partial charge in [-0.15, -0.1) is 0 Å². The minimum Gasteiger partial charge on any atom is -0.475 e. The molecular formula is C21H27FN5O6P. The fraction of sp³-hybridized carbons (Fsp3) is 0.476. The van der Waals surface area contributed by atoms with Gasteiger partial charge < -0.3 is 25.2 Å². The molecule has 0 unspecified atom stereocenters. The summed E-state index contributed by atoms with van der Waals surface area (Å²) in [6, 6.07) is 4.74. The Morgan fingerprint density at radius 3 is 2.71 bits per heavy atom. The fourth-order valence-corrected chi connectivity index (χ4v) is 3.89. The summed E-state index contributed by atoms with van der Waals surface area (Å²) in [6.45, 7) is 5.28. The standard InChI is InChI=1S/C21H27FN5O6P/c1-4-20(2,3)26-19-23-11-14(22)17(25-19)24-13-6-7-16-15(10-13)27(12-32-34(29,30)31)18(28)21(33-16)8-5-9-21/h6-7,10-11H,4-5,8-9,12H2,1-3H3,(H2,29,30,31)(H2,23,24,25,26). The number of halogens is 1. The lowest BCUT2D eigenvalue weighted by Crippen LogP contribution is -2.60. The molecule has 34 heavy (non-hydrogen) atoms. The molecule has 1 spiro atoms. The van der Waals surface area contributed by atoms with Gasteiger partial charge in [-0.3, -0.25) is 14.2 Å². The van der Waals surface area contributed by atoms with Gasteiger partial charge in [-0.2, -0.15) is 4.98 Å². The molecule has 13 heteroatoms. The molecule has 2 aliphatic rings. The smallest absolute Gasteiger partial charge is 0.471 e. The van der Waals surface area contributed by atoms with E-state index < -0.39 is 31.9 Å². The van der Waals surface area contributed by atoms with E-state index in [9.17, 15) is 13.8 Å². The van der Waals surface area contributed by atoms with Crippen LogP contribution < -0.4 is 20.3 Å². The van der Waals surface area contributed by atoms with Crippen molar-refractivity contribution in [2.75, 3.05) is 22.3 Å². The molecule has 1 fully saturated rings. The zero-order valence-electron chi connectivity index (χ0n) is 19.0. The molecule has 4 rings (SSSR count). The van der Waals surface area contributed by atoms with Crippen LogP contribution in [0, 0.1) is 5.82 Å². The predicted molar refractivity (Wildman–Crippen MR) is 122 cm³/mol. The van der Waals surface area contributed by atoms with Crippen molar-refractivity contribution in [3.63, 3.8) is 0 Å². The van der Waals surface area contributed by atoms with Crippen LogP contribution in [-0.4, -0.2) is 43.5 Å². The Morgan fingerprint density at radius 1 is 1.35 bits per heavy atom. The fourth-order valence-electron chi connectivity index (χ4n) is 3.62. The number of benzene rings is 1. The van der Waals surface area contributed by atoms with Gasteiger partial charge >= 0.3 is 7.82 Å². The lowest BCUT2D eigenvalue weighted by Gasteiger charge is -2.47.